The second-order valence-corrected chi connectivity index (χ2v) is 4.49. The first-order chi connectivity index (χ1) is 8.04. The smallest absolute Gasteiger partial charge is 0.333 e. The number of carbonyl (C=O) groups excluding carboxylic acids is 1. The van der Waals surface area contributed by atoms with E-state index in [1.807, 2.05) is 0 Å². The summed E-state index contributed by atoms with van der Waals surface area (Å²) in [6.07, 6.45) is 0.183. The first-order valence-electron chi connectivity index (χ1n) is 5.72. The molecule has 0 amide bonds. The molecule has 0 heterocycles. The molecule has 0 unspecified atom stereocenters. The van der Waals surface area contributed by atoms with E-state index in [4.69, 9.17) is 10.2 Å². The molecule has 5 heteroatoms. The number of ether oxygens (including phenoxy) is 1. The minimum Gasteiger partial charge on any atom is -0.466 e. The van der Waals surface area contributed by atoms with Gasteiger partial charge in [-0.3, -0.25) is 0 Å². The quantitative estimate of drug-likeness (QED) is 0.599. The Morgan fingerprint density at radius 1 is 1.47 bits per heavy atom. The molecule has 17 heavy (non-hydrogen) atoms. The third-order valence-electron chi connectivity index (χ3n) is 3.54. The molecule has 0 aromatic heterocycles. The molecule has 1 rings (SSSR count). The highest BCUT2D eigenvalue weighted by Crippen LogP contribution is 2.34. The van der Waals surface area contributed by atoms with Crippen LogP contribution in [0.1, 0.15) is 19.8 Å². The van der Waals surface area contributed by atoms with Gasteiger partial charge in [-0.2, -0.15) is 0 Å². The highest BCUT2D eigenvalue weighted by molar-refractivity contribution is 5.89. The van der Waals surface area contributed by atoms with Gasteiger partial charge in [-0.05, 0) is 31.3 Å². The Labute approximate surface area is 101 Å². The Hall–Kier alpha value is -0.910. The van der Waals surface area contributed by atoms with Crippen LogP contribution in [0.25, 0.3) is 0 Å². The molecule has 0 fully saturated rings. The van der Waals surface area contributed by atoms with Crippen LogP contribution in [0.2, 0.25) is 0 Å². The lowest BCUT2D eigenvalue weighted by Crippen LogP contribution is -2.33. The number of aliphatic hydroxyl groups is 3. The van der Waals surface area contributed by atoms with Crippen LogP contribution < -0.4 is 0 Å². The summed E-state index contributed by atoms with van der Waals surface area (Å²) in [5.74, 6) is -0.851. The fraction of sp³-hybridized carbons (Fsp3) is 0.750. The van der Waals surface area contributed by atoms with Gasteiger partial charge >= 0.3 is 5.97 Å². The van der Waals surface area contributed by atoms with Crippen LogP contribution in [0.15, 0.2) is 11.1 Å². The molecule has 0 radical (unpaired) electrons. The number of aliphatic hydroxyl groups excluding tert-OH is 3. The number of hydrogen-bond donors (Lipinski definition) is 3. The second kappa shape index (κ2) is 6.14. The van der Waals surface area contributed by atoms with Crippen molar-refractivity contribution >= 4 is 5.97 Å². The van der Waals surface area contributed by atoms with Crippen molar-refractivity contribution in [3.8, 4) is 0 Å². The van der Waals surface area contributed by atoms with Crippen LogP contribution in [0.4, 0.5) is 0 Å². The summed E-state index contributed by atoms with van der Waals surface area (Å²) in [7, 11) is 1.30. The van der Waals surface area contributed by atoms with E-state index >= 15 is 0 Å². The van der Waals surface area contributed by atoms with Crippen molar-refractivity contribution in [3.63, 3.8) is 0 Å². The standard InChI is InChI=1S/C12H20O5/c1-7-10(12(16)17-2)3-8(4-11(7)15)9(5-13)6-14/h8-9,11,13-15H,3-6H2,1-2H3/t8-,11-/m0/s1. The van der Waals surface area contributed by atoms with E-state index in [0.717, 1.165) is 0 Å². The van der Waals surface area contributed by atoms with Crippen molar-refractivity contribution in [2.45, 2.75) is 25.9 Å². The van der Waals surface area contributed by atoms with Crippen LogP contribution in [0.3, 0.4) is 0 Å². The molecule has 2 atom stereocenters. The first kappa shape index (κ1) is 14.2. The molecule has 0 aromatic rings. The molecule has 0 aromatic carbocycles. The molecule has 1 aliphatic carbocycles. The lowest BCUT2D eigenvalue weighted by Gasteiger charge is -2.32. The molecule has 1 aliphatic rings. The fourth-order valence-electron chi connectivity index (χ4n) is 2.25. The predicted molar refractivity (Wildman–Crippen MR) is 61.1 cm³/mol. The Balaban J connectivity index is 2.89. The van der Waals surface area contributed by atoms with Gasteiger partial charge < -0.3 is 20.1 Å². The molecular weight excluding hydrogens is 224 g/mol. The third-order valence-corrected chi connectivity index (χ3v) is 3.54. The maximum atomic E-state index is 11.6. The third kappa shape index (κ3) is 3.06. The Kier molecular flexibility index (Phi) is 5.11. The Morgan fingerprint density at radius 2 is 2.06 bits per heavy atom. The van der Waals surface area contributed by atoms with Crippen LogP contribution in [-0.2, 0) is 9.53 Å². The molecular formula is C12H20O5. The van der Waals surface area contributed by atoms with Crippen LogP contribution >= 0.6 is 0 Å². The molecule has 0 saturated carbocycles. The average molecular weight is 244 g/mol. The van der Waals surface area contributed by atoms with E-state index in [9.17, 15) is 9.90 Å². The summed E-state index contributed by atoms with van der Waals surface area (Å²) >= 11 is 0. The number of hydrogen-bond acceptors (Lipinski definition) is 5. The van der Waals surface area contributed by atoms with Crippen LogP contribution in [0.5, 0.6) is 0 Å². The monoisotopic (exact) mass is 244 g/mol. The predicted octanol–water partition coefficient (Wildman–Crippen LogP) is -0.152. The molecule has 0 saturated heterocycles. The van der Waals surface area contributed by atoms with Crippen molar-refractivity contribution in [2.75, 3.05) is 20.3 Å². The van der Waals surface area contributed by atoms with E-state index < -0.39 is 12.1 Å². The zero-order chi connectivity index (χ0) is 13.0. The highest BCUT2D eigenvalue weighted by Gasteiger charge is 2.33. The van der Waals surface area contributed by atoms with Crippen molar-refractivity contribution in [3.05, 3.63) is 11.1 Å². The highest BCUT2D eigenvalue weighted by atomic mass is 16.5. The van der Waals surface area contributed by atoms with Crippen molar-refractivity contribution in [1.29, 1.82) is 0 Å². The van der Waals surface area contributed by atoms with Crippen molar-refractivity contribution < 1.29 is 24.9 Å². The minimum atomic E-state index is -0.705. The maximum absolute atomic E-state index is 11.6. The van der Waals surface area contributed by atoms with E-state index in [-0.39, 0.29) is 25.0 Å². The summed E-state index contributed by atoms with van der Waals surface area (Å²) in [5, 5.41) is 28.2. The van der Waals surface area contributed by atoms with Gasteiger partial charge in [0, 0.05) is 24.7 Å². The SMILES string of the molecule is COC(=O)C1=C(C)[C@@H](O)C[C@@H](C(CO)CO)C1. The van der Waals surface area contributed by atoms with Gasteiger partial charge in [0.25, 0.3) is 0 Å². The topological polar surface area (TPSA) is 87.0 Å². The number of rotatable bonds is 4. The summed E-state index contributed by atoms with van der Waals surface area (Å²) in [5.41, 5.74) is 1.09. The summed E-state index contributed by atoms with van der Waals surface area (Å²) in [4.78, 5) is 11.6. The zero-order valence-corrected chi connectivity index (χ0v) is 10.2. The maximum Gasteiger partial charge on any atom is 0.333 e. The van der Waals surface area contributed by atoms with Gasteiger partial charge in [-0.15, -0.1) is 0 Å². The second-order valence-electron chi connectivity index (χ2n) is 4.49. The van der Waals surface area contributed by atoms with E-state index in [1.165, 1.54) is 7.11 Å². The van der Waals surface area contributed by atoms with Crippen LogP contribution in [0, 0.1) is 11.8 Å². The molecule has 0 spiro atoms. The molecule has 3 N–H and O–H groups in total. The van der Waals surface area contributed by atoms with Crippen LogP contribution in [-0.4, -0.2) is 47.7 Å². The van der Waals surface area contributed by atoms with E-state index in [0.29, 0.717) is 24.0 Å². The van der Waals surface area contributed by atoms with E-state index in [2.05, 4.69) is 4.74 Å². The van der Waals surface area contributed by atoms with Gasteiger partial charge in [-0.1, -0.05) is 0 Å². The van der Waals surface area contributed by atoms with Gasteiger partial charge in [0.1, 0.15) is 0 Å². The van der Waals surface area contributed by atoms with Gasteiger partial charge in [0.05, 0.1) is 13.2 Å². The Morgan fingerprint density at radius 3 is 2.53 bits per heavy atom. The summed E-state index contributed by atoms with van der Waals surface area (Å²) in [6, 6.07) is 0. The van der Waals surface area contributed by atoms with Gasteiger partial charge in [0.15, 0.2) is 0 Å². The lowest BCUT2D eigenvalue weighted by molar-refractivity contribution is -0.136. The lowest BCUT2D eigenvalue weighted by atomic mass is 9.76. The summed E-state index contributed by atoms with van der Waals surface area (Å²) in [6.45, 7) is 1.41. The largest absolute Gasteiger partial charge is 0.466 e. The number of esters is 1. The van der Waals surface area contributed by atoms with Gasteiger partial charge in [0.2, 0.25) is 0 Å². The fourth-order valence-corrected chi connectivity index (χ4v) is 2.25. The number of methoxy groups -OCH3 is 1. The molecule has 0 aliphatic heterocycles. The van der Waals surface area contributed by atoms with Crippen molar-refractivity contribution in [1.82, 2.24) is 0 Å². The number of carbonyl (C=O) groups is 1. The van der Waals surface area contributed by atoms with Crippen molar-refractivity contribution in [2.24, 2.45) is 11.8 Å². The first-order valence-corrected chi connectivity index (χ1v) is 5.72. The minimum absolute atomic E-state index is 0.0993. The zero-order valence-electron chi connectivity index (χ0n) is 10.2. The average Bonchev–Trinajstić information content (AvgIpc) is 2.33. The van der Waals surface area contributed by atoms with Gasteiger partial charge in [-0.25, -0.2) is 4.79 Å². The molecule has 98 valence electrons. The normalized spacial score (nSPS) is 25.3. The van der Waals surface area contributed by atoms with E-state index in [1.54, 1.807) is 6.92 Å². The molecule has 0 bridgehead atoms. The summed E-state index contributed by atoms with van der Waals surface area (Å²) < 4.78 is 4.67. The molecule has 5 nitrogen and oxygen atoms in total. The Bertz CT molecular complexity index is 306.